The van der Waals surface area contributed by atoms with E-state index >= 15 is 0 Å². The van der Waals surface area contributed by atoms with E-state index in [1.165, 1.54) is 0 Å². The van der Waals surface area contributed by atoms with Crippen LogP contribution in [0.3, 0.4) is 0 Å². The highest BCUT2D eigenvalue weighted by atomic mass is 16.5. The molecule has 0 fully saturated rings. The van der Waals surface area contributed by atoms with Crippen molar-refractivity contribution in [2.75, 3.05) is 13.7 Å². The Labute approximate surface area is 142 Å². The van der Waals surface area contributed by atoms with Crippen LogP contribution >= 0.6 is 0 Å². The fraction of sp³-hybridized carbons (Fsp3) is 0.389. The molecule has 0 saturated carbocycles. The molecule has 0 spiro atoms. The standard InChI is InChI=1S/C18H24N4O2/c1-4-11-24-17-9-8-15(12-20-17)13-21-18(23)22(3)14(2)16-7-5-6-10-19-16/h5-10,12,14H,4,11,13H2,1-3H3,(H,21,23)/t14-/m1/s1. The molecule has 0 saturated heterocycles. The van der Waals surface area contributed by atoms with Gasteiger partial charge in [0.1, 0.15) is 0 Å². The first-order valence-electron chi connectivity index (χ1n) is 8.11. The number of aromatic nitrogens is 2. The second-order valence-corrected chi connectivity index (χ2v) is 5.55. The summed E-state index contributed by atoms with van der Waals surface area (Å²) in [7, 11) is 1.76. The summed E-state index contributed by atoms with van der Waals surface area (Å²) in [6.45, 7) is 5.06. The van der Waals surface area contributed by atoms with E-state index in [9.17, 15) is 4.79 Å². The Hall–Kier alpha value is -2.63. The summed E-state index contributed by atoms with van der Waals surface area (Å²) in [5.41, 5.74) is 1.78. The van der Waals surface area contributed by atoms with Gasteiger partial charge < -0.3 is 15.0 Å². The molecule has 0 aliphatic heterocycles. The summed E-state index contributed by atoms with van der Waals surface area (Å²) >= 11 is 0. The molecule has 128 valence electrons. The van der Waals surface area contributed by atoms with Crippen LogP contribution in [-0.4, -0.2) is 34.6 Å². The van der Waals surface area contributed by atoms with Crippen LogP contribution in [-0.2, 0) is 6.54 Å². The monoisotopic (exact) mass is 328 g/mol. The van der Waals surface area contributed by atoms with E-state index in [1.807, 2.05) is 44.2 Å². The molecule has 2 aromatic heterocycles. The molecule has 1 N–H and O–H groups in total. The highest BCUT2D eigenvalue weighted by Crippen LogP contribution is 2.16. The lowest BCUT2D eigenvalue weighted by Crippen LogP contribution is -2.38. The van der Waals surface area contributed by atoms with Gasteiger partial charge in [-0.3, -0.25) is 4.98 Å². The Kier molecular flexibility index (Phi) is 6.54. The van der Waals surface area contributed by atoms with Gasteiger partial charge in [-0.1, -0.05) is 19.1 Å². The normalized spacial score (nSPS) is 11.6. The number of pyridine rings is 2. The van der Waals surface area contributed by atoms with Gasteiger partial charge in [0.05, 0.1) is 18.3 Å². The minimum absolute atomic E-state index is 0.103. The molecular weight excluding hydrogens is 304 g/mol. The highest BCUT2D eigenvalue weighted by molar-refractivity contribution is 5.74. The summed E-state index contributed by atoms with van der Waals surface area (Å²) < 4.78 is 5.44. The summed E-state index contributed by atoms with van der Waals surface area (Å²) in [5.74, 6) is 0.604. The topological polar surface area (TPSA) is 67.3 Å². The van der Waals surface area contributed by atoms with Crippen molar-refractivity contribution in [2.24, 2.45) is 0 Å². The number of rotatable bonds is 7. The van der Waals surface area contributed by atoms with Crippen molar-refractivity contribution in [3.8, 4) is 5.88 Å². The van der Waals surface area contributed by atoms with Crippen molar-refractivity contribution >= 4 is 6.03 Å². The summed E-state index contributed by atoms with van der Waals surface area (Å²) in [4.78, 5) is 22.4. The van der Waals surface area contributed by atoms with Crippen LogP contribution in [0.5, 0.6) is 5.88 Å². The average molecular weight is 328 g/mol. The van der Waals surface area contributed by atoms with Gasteiger partial charge in [-0.25, -0.2) is 9.78 Å². The van der Waals surface area contributed by atoms with Crippen LogP contribution in [0, 0.1) is 0 Å². The molecule has 24 heavy (non-hydrogen) atoms. The zero-order chi connectivity index (χ0) is 17.4. The van der Waals surface area contributed by atoms with Crippen LogP contribution in [0.25, 0.3) is 0 Å². The summed E-state index contributed by atoms with van der Waals surface area (Å²) in [5, 5.41) is 2.89. The van der Waals surface area contributed by atoms with E-state index in [0.717, 1.165) is 17.7 Å². The third-order valence-electron chi connectivity index (χ3n) is 3.71. The Bertz CT molecular complexity index is 631. The second-order valence-electron chi connectivity index (χ2n) is 5.55. The van der Waals surface area contributed by atoms with Crippen LogP contribution in [0.1, 0.15) is 37.6 Å². The van der Waals surface area contributed by atoms with E-state index in [2.05, 4.69) is 15.3 Å². The van der Waals surface area contributed by atoms with Crippen LogP contribution in [0.4, 0.5) is 4.79 Å². The molecule has 2 heterocycles. The molecule has 0 aromatic carbocycles. The van der Waals surface area contributed by atoms with Gasteiger partial charge in [-0.05, 0) is 31.0 Å². The van der Waals surface area contributed by atoms with Gasteiger partial charge in [0.2, 0.25) is 5.88 Å². The average Bonchev–Trinajstić information content (AvgIpc) is 2.64. The predicted molar refractivity (Wildman–Crippen MR) is 92.7 cm³/mol. The van der Waals surface area contributed by atoms with Crippen molar-refractivity contribution < 1.29 is 9.53 Å². The minimum Gasteiger partial charge on any atom is -0.478 e. The molecule has 0 aliphatic rings. The SMILES string of the molecule is CCCOc1ccc(CNC(=O)N(C)[C@H](C)c2ccccn2)cn1. The van der Waals surface area contributed by atoms with E-state index in [4.69, 9.17) is 4.74 Å². The van der Waals surface area contributed by atoms with Gasteiger partial charge in [0.15, 0.2) is 0 Å². The predicted octanol–water partition coefficient (Wildman–Crippen LogP) is 3.17. The molecule has 0 aliphatic carbocycles. The van der Waals surface area contributed by atoms with Gasteiger partial charge in [0.25, 0.3) is 0 Å². The lowest BCUT2D eigenvalue weighted by atomic mass is 10.2. The van der Waals surface area contributed by atoms with Crippen LogP contribution < -0.4 is 10.1 Å². The van der Waals surface area contributed by atoms with Gasteiger partial charge in [0, 0.05) is 32.1 Å². The maximum absolute atomic E-state index is 12.3. The Morgan fingerprint density at radius 1 is 1.29 bits per heavy atom. The zero-order valence-electron chi connectivity index (χ0n) is 14.4. The number of amides is 2. The zero-order valence-corrected chi connectivity index (χ0v) is 14.4. The third kappa shape index (κ3) is 4.94. The summed E-state index contributed by atoms with van der Waals surface area (Å²) in [6, 6.07) is 9.15. The number of hydrogen-bond donors (Lipinski definition) is 1. The van der Waals surface area contributed by atoms with Crippen molar-refractivity contribution in [1.82, 2.24) is 20.2 Å². The number of nitrogens with one attached hydrogen (secondary N) is 1. The molecule has 2 amide bonds. The summed E-state index contributed by atoms with van der Waals surface area (Å²) in [6.07, 6.45) is 4.39. The molecule has 6 nitrogen and oxygen atoms in total. The number of urea groups is 1. The Morgan fingerprint density at radius 3 is 2.75 bits per heavy atom. The maximum atomic E-state index is 12.3. The van der Waals surface area contributed by atoms with E-state index in [0.29, 0.717) is 19.0 Å². The van der Waals surface area contributed by atoms with Crippen molar-refractivity contribution in [1.29, 1.82) is 0 Å². The molecule has 2 aromatic rings. The first-order chi connectivity index (χ1) is 11.6. The van der Waals surface area contributed by atoms with Crippen LogP contribution in [0.15, 0.2) is 42.7 Å². The number of nitrogens with zero attached hydrogens (tertiary/aromatic N) is 3. The van der Waals surface area contributed by atoms with Gasteiger partial charge in [-0.2, -0.15) is 0 Å². The van der Waals surface area contributed by atoms with Gasteiger partial charge >= 0.3 is 6.03 Å². The first kappa shape index (κ1) is 17.7. The fourth-order valence-electron chi connectivity index (χ4n) is 2.11. The van der Waals surface area contributed by atoms with Crippen molar-refractivity contribution in [3.05, 3.63) is 54.0 Å². The molecular formula is C18H24N4O2. The minimum atomic E-state index is -0.153. The number of carbonyl (C=O) groups is 1. The molecule has 6 heteroatoms. The lowest BCUT2D eigenvalue weighted by Gasteiger charge is -2.24. The largest absolute Gasteiger partial charge is 0.478 e. The maximum Gasteiger partial charge on any atom is 0.317 e. The second kappa shape index (κ2) is 8.86. The first-order valence-corrected chi connectivity index (χ1v) is 8.11. The Balaban J connectivity index is 1.85. The fourth-order valence-corrected chi connectivity index (χ4v) is 2.11. The van der Waals surface area contributed by atoms with E-state index in [-0.39, 0.29) is 12.1 Å². The molecule has 0 unspecified atom stereocenters. The van der Waals surface area contributed by atoms with Gasteiger partial charge in [-0.15, -0.1) is 0 Å². The van der Waals surface area contributed by atoms with E-state index < -0.39 is 0 Å². The molecule has 2 rings (SSSR count). The van der Waals surface area contributed by atoms with Crippen molar-refractivity contribution in [3.63, 3.8) is 0 Å². The smallest absolute Gasteiger partial charge is 0.317 e. The lowest BCUT2D eigenvalue weighted by molar-refractivity contribution is 0.193. The molecule has 0 radical (unpaired) electrons. The van der Waals surface area contributed by atoms with Crippen LogP contribution in [0.2, 0.25) is 0 Å². The quantitative estimate of drug-likeness (QED) is 0.848. The molecule has 1 atom stereocenters. The highest BCUT2D eigenvalue weighted by Gasteiger charge is 2.17. The van der Waals surface area contributed by atoms with E-state index in [1.54, 1.807) is 24.3 Å². The Morgan fingerprint density at radius 2 is 2.12 bits per heavy atom. The number of hydrogen-bond acceptors (Lipinski definition) is 4. The number of ether oxygens (including phenoxy) is 1. The van der Waals surface area contributed by atoms with Crippen molar-refractivity contribution in [2.45, 2.75) is 32.9 Å². The number of carbonyl (C=O) groups excluding carboxylic acids is 1. The third-order valence-corrected chi connectivity index (χ3v) is 3.71. The molecule has 0 bridgehead atoms.